The van der Waals surface area contributed by atoms with Gasteiger partial charge in [-0.15, -0.1) is 12.4 Å². The summed E-state index contributed by atoms with van der Waals surface area (Å²) in [4.78, 5) is 2.39. The predicted molar refractivity (Wildman–Crippen MR) is 95.3 cm³/mol. The van der Waals surface area contributed by atoms with Gasteiger partial charge in [-0.25, -0.2) is 8.42 Å². The zero-order chi connectivity index (χ0) is 15.7. The minimum Gasteiger partial charge on any atom is -0.314 e. The van der Waals surface area contributed by atoms with Gasteiger partial charge in [0.15, 0.2) is 0 Å². The van der Waals surface area contributed by atoms with Crippen LogP contribution in [0, 0.1) is 0 Å². The molecular weight excluding hydrogens is 381 g/mol. The van der Waals surface area contributed by atoms with Crippen molar-refractivity contribution in [1.82, 2.24) is 14.5 Å². The van der Waals surface area contributed by atoms with E-state index in [1.54, 1.807) is 18.2 Å². The first-order valence-electron chi connectivity index (χ1n) is 7.39. The van der Waals surface area contributed by atoms with Gasteiger partial charge in [0.05, 0.1) is 10.0 Å². The van der Waals surface area contributed by atoms with E-state index in [2.05, 4.69) is 10.2 Å². The summed E-state index contributed by atoms with van der Waals surface area (Å²) in [6.07, 6.45) is 0.849. The van der Waals surface area contributed by atoms with Crippen molar-refractivity contribution in [1.29, 1.82) is 0 Å². The van der Waals surface area contributed by atoms with Gasteiger partial charge in [0.25, 0.3) is 0 Å². The van der Waals surface area contributed by atoms with Crippen LogP contribution >= 0.6 is 35.6 Å². The van der Waals surface area contributed by atoms with E-state index < -0.39 is 10.0 Å². The molecule has 2 fully saturated rings. The summed E-state index contributed by atoms with van der Waals surface area (Å²) in [7, 11) is -3.64. The molecule has 0 aromatic heterocycles. The zero-order valence-electron chi connectivity index (χ0n) is 12.5. The summed E-state index contributed by atoms with van der Waals surface area (Å²) in [5.74, 6) is 0. The second kappa shape index (κ2) is 7.87. The highest BCUT2D eigenvalue weighted by molar-refractivity contribution is 7.89. The lowest BCUT2D eigenvalue weighted by molar-refractivity contribution is 0.179. The van der Waals surface area contributed by atoms with Crippen molar-refractivity contribution in [3.63, 3.8) is 0 Å². The standard InChI is InChI=1S/C14H19Cl2N3O2S.ClH/c15-12-2-1-3-13(16)14(12)22(20,21)19-7-4-11(10-19)18-8-5-17-6-9-18;/h1-3,11,17H,4-10H2;1H. The van der Waals surface area contributed by atoms with E-state index in [4.69, 9.17) is 23.2 Å². The summed E-state index contributed by atoms with van der Waals surface area (Å²) in [6.45, 7) is 4.86. The van der Waals surface area contributed by atoms with Gasteiger partial charge in [0.1, 0.15) is 4.90 Å². The first kappa shape index (κ1) is 19.2. The number of piperazine rings is 1. The van der Waals surface area contributed by atoms with Crippen molar-refractivity contribution in [3.8, 4) is 0 Å². The van der Waals surface area contributed by atoms with Crippen molar-refractivity contribution in [2.45, 2.75) is 17.4 Å². The van der Waals surface area contributed by atoms with Crippen LogP contribution in [0.25, 0.3) is 0 Å². The number of nitrogens with zero attached hydrogens (tertiary/aromatic N) is 2. The second-order valence-corrected chi connectivity index (χ2v) is 8.33. The Morgan fingerprint density at radius 2 is 1.70 bits per heavy atom. The highest BCUT2D eigenvalue weighted by atomic mass is 35.5. The molecule has 5 nitrogen and oxygen atoms in total. The van der Waals surface area contributed by atoms with Crippen LogP contribution in [0.2, 0.25) is 10.0 Å². The normalized spacial score (nSPS) is 23.7. The van der Waals surface area contributed by atoms with E-state index in [1.165, 1.54) is 4.31 Å². The third-order valence-electron chi connectivity index (χ3n) is 4.31. The Bertz CT molecular complexity index is 630. The third kappa shape index (κ3) is 3.95. The topological polar surface area (TPSA) is 52.7 Å². The fourth-order valence-corrected chi connectivity index (χ4v) is 5.72. The Morgan fingerprint density at radius 3 is 2.30 bits per heavy atom. The summed E-state index contributed by atoms with van der Waals surface area (Å²) < 4.78 is 27.2. The van der Waals surface area contributed by atoms with Crippen LogP contribution < -0.4 is 5.32 Å². The maximum atomic E-state index is 12.8. The second-order valence-electron chi connectivity index (χ2n) is 5.64. The van der Waals surface area contributed by atoms with Crippen molar-refractivity contribution >= 4 is 45.6 Å². The number of halogens is 3. The Balaban J connectivity index is 0.00000192. The lowest BCUT2D eigenvalue weighted by atomic mass is 10.2. The van der Waals surface area contributed by atoms with E-state index in [1.807, 2.05) is 0 Å². The van der Waals surface area contributed by atoms with E-state index in [0.717, 1.165) is 32.6 Å². The molecule has 0 aliphatic carbocycles. The maximum Gasteiger partial charge on any atom is 0.246 e. The smallest absolute Gasteiger partial charge is 0.246 e. The fraction of sp³-hybridized carbons (Fsp3) is 0.571. The first-order chi connectivity index (χ1) is 10.5. The highest BCUT2D eigenvalue weighted by Gasteiger charge is 2.37. The Labute approximate surface area is 153 Å². The van der Waals surface area contributed by atoms with Crippen molar-refractivity contribution in [2.75, 3.05) is 39.3 Å². The van der Waals surface area contributed by atoms with E-state index in [9.17, 15) is 8.42 Å². The molecular formula is C14H20Cl3N3O2S. The predicted octanol–water partition coefficient (Wildman–Crippen LogP) is 2.08. The summed E-state index contributed by atoms with van der Waals surface area (Å²) >= 11 is 12.1. The van der Waals surface area contributed by atoms with Crippen LogP contribution in [0.4, 0.5) is 0 Å². The zero-order valence-corrected chi connectivity index (χ0v) is 15.7. The highest BCUT2D eigenvalue weighted by Crippen LogP contribution is 2.33. The van der Waals surface area contributed by atoms with Crippen LogP contribution in [0.3, 0.4) is 0 Å². The molecule has 0 spiro atoms. The quantitative estimate of drug-likeness (QED) is 0.844. The minimum atomic E-state index is -3.64. The molecule has 2 aliphatic heterocycles. The third-order valence-corrected chi connectivity index (χ3v) is 7.13. The van der Waals surface area contributed by atoms with Crippen LogP contribution in [0.15, 0.2) is 23.1 Å². The van der Waals surface area contributed by atoms with Gasteiger partial charge in [-0.2, -0.15) is 4.31 Å². The number of hydrogen-bond acceptors (Lipinski definition) is 4. The van der Waals surface area contributed by atoms with E-state index >= 15 is 0 Å². The molecule has 1 aromatic rings. The number of benzene rings is 1. The maximum absolute atomic E-state index is 12.8. The van der Waals surface area contributed by atoms with Crippen LogP contribution in [0.1, 0.15) is 6.42 Å². The van der Waals surface area contributed by atoms with Gasteiger partial charge >= 0.3 is 0 Å². The molecule has 0 amide bonds. The number of hydrogen-bond donors (Lipinski definition) is 1. The Morgan fingerprint density at radius 1 is 1.09 bits per heavy atom. The van der Waals surface area contributed by atoms with Gasteiger partial charge in [-0.05, 0) is 18.6 Å². The molecule has 1 unspecified atom stereocenters. The molecule has 3 rings (SSSR count). The van der Waals surface area contributed by atoms with E-state index in [0.29, 0.717) is 13.1 Å². The molecule has 2 aliphatic rings. The van der Waals surface area contributed by atoms with Crippen LogP contribution in [-0.2, 0) is 10.0 Å². The number of rotatable bonds is 3. The molecule has 23 heavy (non-hydrogen) atoms. The summed E-state index contributed by atoms with van der Waals surface area (Å²) in [5, 5.41) is 3.67. The van der Waals surface area contributed by atoms with Crippen molar-refractivity contribution in [3.05, 3.63) is 28.2 Å². The Kier molecular flexibility index (Phi) is 6.58. The van der Waals surface area contributed by atoms with Gasteiger partial charge in [0.2, 0.25) is 10.0 Å². The molecule has 2 saturated heterocycles. The fourth-order valence-electron chi connectivity index (χ4n) is 3.13. The van der Waals surface area contributed by atoms with Crippen molar-refractivity contribution < 1.29 is 8.42 Å². The first-order valence-corrected chi connectivity index (χ1v) is 9.58. The molecule has 1 aromatic carbocycles. The molecule has 0 saturated carbocycles. The van der Waals surface area contributed by atoms with Crippen LogP contribution in [0.5, 0.6) is 0 Å². The van der Waals surface area contributed by atoms with Gasteiger partial charge in [-0.1, -0.05) is 29.3 Å². The molecule has 130 valence electrons. The molecule has 1 N–H and O–H groups in total. The van der Waals surface area contributed by atoms with Gasteiger partial charge < -0.3 is 5.32 Å². The monoisotopic (exact) mass is 399 g/mol. The molecule has 0 radical (unpaired) electrons. The Hall–Kier alpha value is -0.0800. The van der Waals surface area contributed by atoms with E-state index in [-0.39, 0.29) is 33.4 Å². The van der Waals surface area contributed by atoms with Crippen LogP contribution in [-0.4, -0.2) is 62.9 Å². The molecule has 1 atom stereocenters. The van der Waals surface area contributed by atoms with Gasteiger partial charge in [-0.3, -0.25) is 4.90 Å². The van der Waals surface area contributed by atoms with Gasteiger partial charge in [0, 0.05) is 45.3 Å². The summed E-state index contributed by atoms with van der Waals surface area (Å²) in [5.41, 5.74) is 0. The molecule has 2 heterocycles. The largest absolute Gasteiger partial charge is 0.314 e. The summed E-state index contributed by atoms with van der Waals surface area (Å²) in [6, 6.07) is 5.05. The lowest BCUT2D eigenvalue weighted by Gasteiger charge is -2.32. The lowest BCUT2D eigenvalue weighted by Crippen LogP contribution is -2.49. The number of nitrogens with one attached hydrogen (secondary N) is 1. The molecule has 9 heteroatoms. The van der Waals surface area contributed by atoms with Crippen molar-refractivity contribution in [2.24, 2.45) is 0 Å². The SMILES string of the molecule is Cl.O=S(=O)(c1c(Cl)cccc1Cl)N1CCC(N2CCNCC2)C1. The average molecular weight is 401 g/mol. The average Bonchev–Trinajstić information content (AvgIpc) is 2.98. The molecule has 0 bridgehead atoms. The minimum absolute atomic E-state index is 0. The number of sulfonamides is 1.